The molecule has 1 heterocycles. The van der Waals surface area contributed by atoms with Crippen molar-refractivity contribution in [1.82, 2.24) is 10.2 Å². The van der Waals surface area contributed by atoms with Gasteiger partial charge in [0.25, 0.3) is 0 Å². The zero-order valence-corrected chi connectivity index (χ0v) is 15.6. The van der Waals surface area contributed by atoms with E-state index in [1.54, 1.807) is 12.1 Å². The summed E-state index contributed by atoms with van der Waals surface area (Å²) in [6.07, 6.45) is -4.80. The van der Waals surface area contributed by atoms with Gasteiger partial charge in [0.2, 0.25) is 0 Å². The lowest BCUT2D eigenvalue weighted by Crippen LogP contribution is -2.45. The summed E-state index contributed by atoms with van der Waals surface area (Å²) in [5.74, 6) is -0.798. The van der Waals surface area contributed by atoms with Gasteiger partial charge in [-0.25, -0.2) is 0 Å². The van der Waals surface area contributed by atoms with Gasteiger partial charge < -0.3 is 15.2 Å². The smallest absolute Gasteiger partial charge is 0.502 e. The number of ether oxygens (including phenoxy) is 1. The van der Waals surface area contributed by atoms with E-state index in [4.69, 9.17) is 0 Å². The normalized spacial score (nSPS) is 16.4. The molecule has 1 saturated heterocycles. The maximum Gasteiger partial charge on any atom is 0.573 e. The van der Waals surface area contributed by atoms with Crippen LogP contribution in [0.4, 0.5) is 18.9 Å². The largest absolute Gasteiger partial charge is 0.573 e. The highest BCUT2D eigenvalue weighted by molar-refractivity contribution is 5.58. The number of hydrogen-bond donors (Lipinski definition) is 2. The van der Waals surface area contributed by atoms with Crippen LogP contribution >= 0.6 is 0 Å². The topological polar surface area (TPSA) is 87.9 Å². The van der Waals surface area contributed by atoms with Crippen LogP contribution in [0.2, 0.25) is 0 Å². The molecular formula is C19H20F3N3O4. The van der Waals surface area contributed by atoms with E-state index in [9.17, 15) is 28.4 Å². The van der Waals surface area contributed by atoms with E-state index in [1.165, 1.54) is 31.2 Å². The molecule has 0 aliphatic carbocycles. The number of aromatic hydroxyl groups is 1. The third kappa shape index (κ3) is 4.77. The Morgan fingerprint density at radius 2 is 1.79 bits per heavy atom. The molecule has 2 aromatic carbocycles. The number of piperazine rings is 1. The maximum absolute atomic E-state index is 12.4. The Bertz CT molecular complexity index is 882. The van der Waals surface area contributed by atoms with Crippen LogP contribution in [0, 0.1) is 17.0 Å². The minimum absolute atomic E-state index is 0.323. The lowest BCUT2D eigenvalue weighted by molar-refractivity contribution is -0.386. The fraction of sp³-hybridized carbons (Fsp3) is 0.368. The molecule has 1 atom stereocenters. The molecule has 3 rings (SSSR count). The molecule has 10 heteroatoms. The molecule has 1 aliphatic heterocycles. The Labute approximate surface area is 164 Å². The highest BCUT2D eigenvalue weighted by atomic mass is 19.4. The van der Waals surface area contributed by atoms with Gasteiger partial charge in [-0.2, -0.15) is 0 Å². The van der Waals surface area contributed by atoms with Gasteiger partial charge in [-0.15, -0.1) is 13.2 Å². The second-order valence-electron chi connectivity index (χ2n) is 6.73. The van der Waals surface area contributed by atoms with E-state index >= 15 is 0 Å². The first kappa shape index (κ1) is 20.9. The van der Waals surface area contributed by atoms with Crippen molar-refractivity contribution in [1.29, 1.82) is 0 Å². The molecule has 0 aromatic heterocycles. The zero-order valence-electron chi connectivity index (χ0n) is 15.6. The van der Waals surface area contributed by atoms with E-state index < -0.39 is 23.1 Å². The van der Waals surface area contributed by atoms with E-state index in [0.29, 0.717) is 42.9 Å². The van der Waals surface area contributed by atoms with Crippen LogP contribution in [0.3, 0.4) is 0 Å². The predicted molar refractivity (Wildman–Crippen MR) is 98.9 cm³/mol. The van der Waals surface area contributed by atoms with Gasteiger partial charge in [0.1, 0.15) is 5.75 Å². The number of benzene rings is 2. The summed E-state index contributed by atoms with van der Waals surface area (Å²) in [4.78, 5) is 12.8. The monoisotopic (exact) mass is 411 g/mol. The van der Waals surface area contributed by atoms with Gasteiger partial charge in [-0.1, -0.05) is 24.3 Å². The molecule has 1 aliphatic rings. The first-order valence-electron chi connectivity index (χ1n) is 8.94. The molecule has 0 saturated carbocycles. The number of nitro groups is 1. The lowest BCUT2D eigenvalue weighted by Gasteiger charge is -2.35. The minimum atomic E-state index is -4.80. The number of hydrogen-bond acceptors (Lipinski definition) is 6. The molecule has 0 spiro atoms. The molecule has 0 amide bonds. The first-order chi connectivity index (χ1) is 13.7. The molecule has 2 aromatic rings. The van der Waals surface area contributed by atoms with E-state index in [1.807, 2.05) is 4.90 Å². The molecular weight excluding hydrogens is 391 g/mol. The SMILES string of the molecule is Cc1ccc([C@@H](c2ccc(OC(F)(F)F)cc2)N2CCNCC2)c(O)c1[N+](=O)[O-]. The lowest BCUT2D eigenvalue weighted by atomic mass is 9.94. The third-order valence-electron chi connectivity index (χ3n) is 4.81. The average Bonchev–Trinajstić information content (AvgIpc) is 2.64. The number of phenols is 1. The number of halogens is 3. The number of nitrogens with one attached hydrogen (secondary N) is 1. The number of aryl methyl sites for hydroxylation is 1. The van der Waals surface area contributed by atoms with Crippen molar-refractivity contribution in [3.8, 4) is 11.5 Å². The highest BCUT2D eigenvalue weighted by Crippen LogP contribution is 2.41. The molecule has 156 valence electrons. The summed E-state index contributed by atoms with van der Waals surface area (Å²) >= 11 is 0. The maximum atomic E-state index is 12.4. The van der Waals surface area contributed by atoms with Gasteiger partial charge in [-0.05, 0) is 24.6 Å². The standard InChI is InChI=1S/C19H20F3N3O4/c1-12-2-7-15(18(26)16(12)25(27)28)17(24-10-8-23-9-11-24)13-3-5-14(6-4-13)29-19(20,21)22/h2-7,17,23,26H,8-11H2,1H3/t17-/m1/s1. The second-order valence-corrected chi connectivity index (χ2v) is 6.73. The molecule has 29 heavy (non-hydrogen) atoms. The number of nitro benzene ring substituents is 1. The number of rotatable bonds is 5. The van der Waals surface area contributed by atoms with Crippen molar-refractivity contribution in [2.24, 2.45) is 0 Å². The summed E-state index contributed by atoms with van der Waals surface area (Å²) in [7, 11) is 0. The summed E-state index contributed by atoms with van der Waals surface area (Å²) in [6, 6.07) is 7.94. The van der Waals surface area contributed by atoms with Crippen molar-refractivity contribution in [3.05, 3.63) is 63.2 Å². The van der Waals surface area contributed by atoms with E-state index in [0.717, 1.165) is 0 Å². The van der Waals surface area contributed by atoms with Crippen LogP contribution < -0.4 is 10.1 Å². The summed E-state index contributed by atoms with van der Waals surface area (Å²) < 4.78 is 41.2. The summed E-state index contributed by atoms with van der Waals surface area (Å²) in [5.41, 5.74) is 0.868. The molecule has 2 N–H and O–H groups in total. The van der Waals surface area contributed by atoms with Crippen molar-refractivity contribution in [2.75, 3.05) is 26.2 Å². The van der Waals surface area contributed by atoms with Crippen LogP contribution in [0.25, 0.3) is 0 Å². The van der Waals surface area contributed by atoms with Crippen molar-refractivity contribution in [3.63, 3.8) is 0 Å². The Morgan fingerprint density at radius 3 is 2.34 bits per heavy atom. The highest BCUT2D eigenvalue weighted by Gasteiger charge is 2.33. The van der Waals surface area contributed by atoms with Crippen LogP contribution in [0.5, 0.6) is 11.5 Å². The number of alkyl halides is 3. The fourth-order valence-corrected chi connectivity index (χ4v) is 3.53. The third-order valence-corrected chi connectivity index (χ3v) is 4.81. The van der Waals surface area contributed by atoms with Crippen molar-refractivity contribution < 1.29 is 27.9 Å². The Hall–Kier alpha value is -2.85. The van der Waals surface area contributed by atoms with Gasteiger partial charge in [0.05, 0.1) is 11.0 Å². The van der Waals surface area contributed by atoms with Crippen LogP contribution in [-0.4, -0.2) is 47.5 Å². The quantitative estimate of drug-likeness (QED) is 0.578. The minimum Gasteiger partial charge on any atom is -0.502 e. The van der Waals surface area contributed by atoms with Gasteiger partial charge in [0.15, 0.2) is 5.75 Å². The van der Waals surface area contributed by atoms with Gasteiger partial charge >= 0.3 is 12.0 Å². The predicted octanol–water partition coefficient (Wildman–Crippen LogP) is 3.50. The Morgan fingerprint density at radius 1 is 1.17 bits per heavy atom. The van der Waals surface area contributed by atoms with E-state index in [2.05, 4.69) is 10.1 Å². The van der Waals surface area contributed by atoms with Gasteiger partial charge in [-0.3, -0.25) is 15.0 Å². The molecule has 7 nitrogen and oxygen atoms in total. The second kappa shape index (κ2) is 8.26. The molecule has 0 unspecified atom stereocenters. The Balaban J connectivity index is 2.05. The van der Waals surface area contributed by atoms with Gasteiger partial charge in [0, 0.05) is 37.3 Å². The van der Waals surface area contributed by atoms with Crippen LogP contribution in [-0.2, 0) is 0 Å². The summed E-state index contributed by atoms with van der Waals surface area (Å²) in [6.45, 7) is 4.10. The van der Waals surface area contributed by atoms with Crippen molar-refractivity contribution >= 4 is 5.69 Å². The molecule has 1 fully saturated rings. The van der Waals surface area contributed by atoms with Crippen LogP contribution in [0.15, 0.2) is 36.4 Å². The van der Waals surface area contributed by atoms with Crippen LogP contribution in [0.1, 0.15) is 22.7 Å². The Kier molecular flexibility index (Phi) is 5.94. The number of nitrogens with zero attached hydrogens (tertiary/aromatic N) is 2. The first-order valence-corrected chi connectivity index (χ1v) is 8.94. The number of phenolic OH excluding ortho intramolecular Hbond substituents is 1. The van der Waals surface area contributed by atoms with Crippen molar-refractivity contribution in [2.45, 2.75) is 19.3 Å². The fourth-order valence-electron chi connectivity index (χ4n) is 3.53. The average molecular weight is 411 g/mol. The molecule has 0 radical (unpaired) electrons. The molecule has 0 bridgehead atoms. The summed E-state index contributed by atoms with van der Waals surface area (Å²) in [5, 5.41) is 25.3. The van der Waals surface area contributed by atoms with E-state index in [-0.39, 0.29) is 11.4 Å². The zero-order chi connectivity index (χ0) is 21.2.